The Morgan fingerprint density at radius 1 is 1.00 bits per heavy atom. The standard InChI is InChI=1S/C28H22N2O7/c1-36-22(32)14-19(16-8-10-18(11-9-16)30-13-5-12-29-30)23-25(33)27(35)26(34)24-20(31)15-21(37-28(23)24)17-6-3-2-4-7-17/h2-13,15,19,33-35H,14H2,1H3/t19-/m1/s1. The Kier molecular flexibility index (Phi) is 6.10. The van der Waals surface area contributed by atoms with E-state index in [1.807, 2.05) is 6.07 Å². The molecule has 0 aliphatic carbocycles. The van der Waals surface area contributed by atoms with Gasteiger partial charge in [0.2, 0.25) is 5.75 Å². The van der Waals surface area contributed by atoms with Crippen LogP contribution in [0, 0.1) is 0 Å². The van der Waals surface area contributed by atoms with Crippen molar-refractivity contribution in [3.63, 3.8) is 0 Å². The number of aromatic hydroxyl groups is 3. The Morgan fingerprint density at radius 2 is 1.73 bits per heavy atom. The number of benzene rings is 3. The minimum Gasteiger partial charge on any atom is -0.504 e. The maximum Gasteiger partial charge on any atom is 0.306 e. The molecule has 3 aromatic carbocycles. The van der Waals surface area contributed by atoms with Crippen molar-refractivity contribution in [2.45, 2.75) is 12.3 Å². The number of carbonyl (C=O) groups excluding carboxylic acids is 1. The molecule has 0 saturated carbocycles. The van der Waals surface area contributed by atoms with Gasteiger partial charge in [0, 0.05) is 35.5 Å². The minimum atomic E-state index is -0.901. The molecule has 0 aliphatic heterocycles. The molecule has 9 nitrogen and oxygen atoms in total. The third-order valence-corrected chi connectivity index (χ3v) is 6.20. The van der Waals surface area contributed by atoms with Gasteiger partial charge in [0.25, 0.3) is 0 Å². The Labute approximate surface area is 210 Å². The van der Waals surface area contributed by atoms with Crippen molar-refractivity contribution in [3.8, 4) is 34.3 Å². The van der Waals surface area contributed by atoms with Crippen LogP contribution in [0.4, 0.5) is 0 Å². The number of hydrogen-bond acceptors (Lipinski definition) is 8. The van der Waals surface area contributed by atoms with Crippen molar-refractivity contribution in [3.05, 3.63) is 100 Å². The fourth-order valence-electron chi connectivity index (χ4n) is 4.36. The molecule has 0 aliphatic rings. The van der Waals surface area contributed by atoms with E-state index in [-0.39, 0.29) is 28.7 Å². The van der Waals surface area contributed by atoms with Crippen LogP contribution < -0.4 is 5.43 Å². The van der Waals surface area contributed by atoms with Gasteiger partial charge >= 0.3 is 5.97 Å². The van der Waals surface area contributed by atoms with Crippen LogP contribution >= 0.6 is 0 Å². The molecule has 0 unspecified atom stereocenters. The van der Waals surface area contributed by atoms with Crippen LogP contribution in [0.15, 0.2) is 88.3 Å². The molecular weight excluding hydrogens is 476 g/mol. The molecular formula is C28H22N2O7. The lowest BCUT2D eigenvalue weighted by molar-refractivity contribution is -0.140. The van der Waals surface area contributed by atoms with Crippen molar-refractivity contribution in [2.75, 3.05) is 7.11 Å². The van der Waals surface area contributed by atoms with E-state index in [0.717, 1.165) is 5.69 Å². The van der Waals surface area contributed by atoms with Crippen LogP contribution in [0.2, 0.25) is 0 Å². The second-order valence-corrected chi connectivity index (χ2v) is 8.38. The number of esters is 1. The highest BCUT2D eigenvalue weighted by atomic mass is 16.5. The van der Waals surface area contributed by atoms with Gasteiger partial charge < -0.3 is 24.5 Å². The number of nitrogens with zero attached hydrogens (tertiary/aromatic N) is 2. The third kappa shape index (κ3) is 4.27. The van der Waals surface area contributed by atoms with Crippen LogP contribution in [0.1, 0.15) is 23.5 Å². The van der Waals surface area contributed by atoms with Gasteiger partial charge in [-0.1, -0.05) is 42.5 Å². The molecule has 5 aromatic rings. The first-order chi connectivity index (χ1) is 17.9. The second-order valence-electron chi connectivity index (χ2n) is 8.38. The topological polar surface area (TPSA) is 135 Å². The molecule has 0 spiro atoms. The molecule has 3 N–H and O–H groups in total. The van der Waals surface area contributed by atoms with E-state index in [1.54, 1.807) is 71.7 Å². The quantitative estimate of drug-likeness (QED) is 0.231. The highest BCUT2D eigenvalue weighted by Gasteiger charge is 2.31. The SMILES string of the molecule is COC(=O)C[C@H](c1ccc(-n2cccn2)cc1)c1c(O)c(O)c(O)c2c(=O)cc(-c3ccccc3)oc12. The van der Waals surface area contributed by atoms with Gasteiger partial charge in [0.05, 0.1) is 19.2 Å². The minimum absolute atomic E-state index is 0.0302. The molecule has 2 heterocycles. The molecule has 186 valence electrons. The molecule has 5 rings (SSSR count). The normalized spacial score (nSPS) is 11.9. The van der Waals surface area contributed by atoms with Gasteiger partial charge in [0.1, 0.15) is 16.7 Å². The average Bonchev–Trinajstić information content (AvgIpc) is 3.46. The lowest BCUT2D eigenvalue weighted by atomic mass is 9.86. The first-order valence-corrected chi connectivity index (χ1v) is 11.4. The summed E-state index contributed by atoms with van der Waals surface area (Å²) in [6, 6.07) is 18.8. The average molecular weight is 498 g/mol. The molecule has 0 amide bonds. The lowest BCUT2D eigenvalue weighted by Crippen LogP contribution is -2.12. The van der Waals surface area contributed by atoms with Gasteiger partial charge in [0.15, 0.2) is 16.9 Å². The van der Waals surface area contributed by atoms with Crippen molar-refractivity contribution >= 4 is 16.9 Å². The Balaban J connectivity index is 1.77. The van der Waals surface area contributed by atoms with Crippen molar-refractivity contribution < 1.29 is 29.3 Å². The fraction of sp³-hybridized carbons (Fsp3) is 0.107. The van der Waals surface area contributed by atoms with E-state index in [4.69, 9.17) is 9.15 Å². The Bertz CT molecular complexity index is 1640. The van der Waals surface area contributed by atoms with E-state index < -0.39 is 34.6 Å². The number of rotatable bonds is 6. The van der Waals surface area contributed by atoms with Crippen LogP contribution in [0.3, 0.4) is 0 Å². The van der Waals surface area contributed by atoms with Crippen LogP contribution in [-0.4, -0.2) is 38.2 Å². The van der Waals surface area contributed by atoms with Crippen LogP contribution in [0.25, 0.3) is 28.0 Å². The first-order valence-electron chi connectivity index (χ1n) is 11.4. The number of aromatic nitrogens is 2. The summed E-state index contributed by atoms with van der Waals surface area (Å²) in [5, 5.41) is 36.0. The fourth-order valence-corrected chi connectivity index (χ4v) is 4.36. The Hall–Kier alpha value is -5.05. The van der Waals surface area contributed by atoms with Gasteiger partial charge in [-0.25, -0.2) is 4.68 Å². The highest BCUT2D eigenvalue weighted by molar-refractivity contribution is 5.93. The van der Waals surface area contributed by atoms with E-state index >= 15 is 0 Å². The summed E-state index contributed by atoms with van der Waals surface area (Å²) < 4.78 is 12.6. The molecule has 0 bridgehead atoms. The van der Waals surface area contributed by atoms with Gasteiger partial charge in [-0.15, -0.1) is 0 Å². The number of phenolic OH excluding ortho intramolecular Hbond substituents is 3. The van der Waals surface area contributed by atoms with Gasteiger partial charge in [-0.3, -0.25) is 9.59 Å². The summed E-state index contributed by atoms with van der Waals surface area (Å²) in [6.45, 7) is 0. The number of phenols is 3. The first kappa shape index (κ1) is 23.7. The molecule has 0 saturated heterocycles. The zero-order chi connectivity index (χ0) is 26.1. The van der Waals surface area contributed by atoms with Gasteiger partial charge in [-0.05, 0) is 23.8 Å². The number of carbonyl (C=O) groups is 1. The number of methoxy groups -OCH3 is 1. The van der Waals surface area contributed by atoms with E-state index in [1.165, 1.54) is 13.2 Å². The zero-order valence-corrected chi connectivity index (χ0v) is 19.7. The number of ether oxygens (including phenoxy) is 1. The molecule has 37 heavy (non-hydrogen) atoms. The summed E-state index contributed by atoms with van der Waals surface area (Å²) in [5.74, 6) is -3.70. The number of fused-ring (bicyclic) bond motifs is 1. The maximum absolute atomic E-state index is 13.1. The molecule has 0 radical (unpaired) electrons. The zero-order valence-electron chi connectivity index (χ0n) is 19.7. The van der Waals surface area contributed by atoms with Crippen molar-refractivity contribution in [1.82, 2.24) is 9.78 Å². The smallest absolute Gasteiger partial charge is 0.306 e. The second kappa shape index (κ2) is 9.54. The largest absolute Gasteiger partial charge is 0.504 e. The maximum atomic E-state index is 13.1. The summed E-state index contributed by atoms with van der Waals surface area (Å²) >= 11 is 0. The van der Waals surface area contributed by atoms with Gasteiger partial charge in [-0.2, -0.15) is 5.10 Å². The molecule has 0 fully saturated rings. The predicted molar refractivity (Wildman–Crippen MR) is 135 cm³/mol. The van der Waals surface area contributed by atoms with Crippen molar-refractivity contribution in [1.29, 1.82) is 0 Å². The van der Waals surface area contributed by atoms with Crippen molar-refractivity contribution in [2.24, 2.45) is 0 Å². The summed E-state index contributed by atoms with van der Waals surface area (Å²) in [7, 11) is 1.24. The van der Waals surface area contributed by atoms with Crippen LogP contribution in [-0.2, 0) is 9.53 Å². The van der Waals surface area contributed by atoms with Crippen LogP contribution in [0.5, 0.6) is 17.2 Å². The number of hydrogen-bond donors (Lipinski definition) is 3. The predicted octanol–water partition coefficient (Wildman–Crippen LogP) is 4.46. The Morgan fingerprint density at radius 3 is 2.38 bits per heavy atom. The molecule has 1 atom stereocenters. The molecule has 2 aromatic heterocycles. The summed E-state index contributed by atoms with van der Waals surface area (Å²) in [4.78, 5) is 25.6. The monoisotopic (exact) mass is 498 g/mol. The summed E-state index contributed by atoms with van der Waals surface area (Å²) in [5.41, 5.74) is 1.11. The molecule has 9 heteroatoms. The van der Waals surface area contributed by atoms with E-state index in [2.05, 4.69) is 5.10 Å². The lowest BCUT2D eigenvalue weighted by Gasteiger charge is -2.21. The van der Waals surface area contributed by atoms with E-state index in [0.29, 0.717) is 11.1 Å². The highest BCUT2D eigenvalue weighted by Crippen LogP contribution is 2.49. The summed E-state index contributed by atoms with van der Waals surface area (Å²) in [6.07, 6.45) is 3.17. The third-order valence-electron chi connectivity index (χ3n) is 6.20. The van der Waals surface area contributed by atoms with E-state index in [9.17, 15) is 24.9 Å².